The van der Waals surface area contributed by atoms with E-state index in [0.717, 1.165) is 10.8 Å². The minimum atomic E-state index is -0.274. The molecule has 0 fully saturated rings. The number of carbonyl (C=O) groups excluding carboxylic acids is 1. The van der Waals surface area contributed by atoms with E-state index in [1.807, 2.05) is 30.3 Å². The number of ether oxygens (including phenoxy) is 1. The van der Waals surface area contributed by atoms with E-state index in [2.05, 4.69) is 16.4 Å². The fourth-order valence-electron chi connectivity index (χ4n) is 2.26. The number of thiazole rings is 1. The monoisotopic (exact) mass is 349 g/mol. The molecule has 6 heteroatoms. The lowest BCUT2D eigenvalue weighted by atomic mass is 10.2. The van der Waals surface area contributed by atoms with Crippen molar-refractivity contribution in [2.45, 2.75) is 13.5 Å². The van der Waals surface area contributed by atoms with Gasteiger partial charge in [0.2, 0.25) is 0 Å². The van der Waals surface area contributed by atoms with Crippen LogP contribution in [0.5, 0.6) is 5.75 Å². The number of aryl methyl sites for hydroxylation is 1. The number of carbonyl (C=O) groups is 1. The SMILES string of the molecule is Cc1nc(COc2ccccc2)sc1C(=O)Nc1ccccc1C#N. The molecule has 1 heterocycles. The average molecular weight is 349 g/mol. The highest BCUT2D eigenvalue weighted by molar-refractivity contribution is 7.13. The van der Waals surface area contributed by atoms with Crippen molar-refractivity contribution in [1.82, 2.24) is 4.98 Å². The van der Waals surface area contributed by atoms with Crippen LogP contribution in [0.2, 0.25) is 0 Å². The number of benzene rings is 2. The maximum absolute atomic E-state index is 12.5. The molecule has 0 bridgehead atoms. The van der Waals surface area contributed by atoms with Gasteiger partial charge in [-0.1, -0.05) is 30.3 Å². The Balaban J connectivity index is 1.71. The summed E-state index contributed by atoms with van der Waals surface area (Å²) in [5.74, 6) is 0.480. The molecular formula is C19H15N3O2S. The van der Waals surface area contributed by atoms with E-state index in [0.29, 0.717) is 28.4 Å². The standard InChI is InChI=1S/C19H15N3O2S/c1-13-18(19(23)22-16-10-6-5-7-14(16)11-20)25-17(21-13)12-24-15-8-3-2-4-9-15/h2-10H,12H2,1H3,(H,22,23). The third-order valence-corrected chi connectivity index (χ3v) is 4.58. The number of anilines is 1. The lowest BCUT2D eigenvalue weighted by Gasteiger charge is -2.05. The van der Waals surface area contributed by atoms with Gasteiger partial charge in [0.25, 0.3) is 5.91 Å². The van der Waals surface area contributed by atoms with Crippen molar-refractivity contribution >= 4 is 22.9 Å². The average Bonchev–Trinajstić information content (AvgIpc) is 3.02. The van der Waals surface area contributed by atoms with Gasteiger partial charge in [-0.05, 0) is 31.2 Å². The first-order valence-corrected chi connectivity index (χ1v) is 8.43. The zero-order chi connectivity index (χ0) is 17.6. The van der Waals surface area contributed by atoms with E-state index in [4.69, 9.17) is 10.00 Å². The number of aromatic nitrogens is 1. The molecule has 0 saturated heterocycles. The third kappa shape index (κ3) is 4.03. The van der Waals surface area contributed by atoms with E-state index in [-0.39, 0.29) is 5.91 Å². The van der Waals surface area contributed by atoms with Gasteiger partial charge in [0.1, 0.15) is 28.3 Å². The smallest absolute Gasteiger partial charge is 0.267 e. The van der Waals surface area contributed by atoms with Crippen LogP contribution in [0.3, 0.4) is 0 Å². The van der Waals surface area contributed by atoms with Gasteiger partial charge in [0, 0.05) is 0 Å². The number of nitrogens with zero attached hydrogens (tertiary/aromatic N) is 2. The molecule has 3 aromatic rings. The van der Waals surface area contributed by atoms with Gasteiger partial charge in [0.15, 0.2) is 0 Å². The molecule has 5 nitrogen and oxygen atoms in total. The molecule has 0 unspecified atom stereocenters. The van der Waals surface area contributed by atoms with Gasteiger partial charge in [-0.2, -0.15) is 5.26 Å². The predicted molar refractivity (Wildman–Crippen MR) is 96.7 cm³/mol. The molecule has 0 aliphatic carbocycles. The fourth-order valence-corrected chi connectivity index (χ4v) is 3.13. The number of amides is 1. The Morgan fingerprint density at radius 3 is 2.68 bits per heavy atom. The van der Waals surface area contributed by atoms with E-state index >= 15 is 0 Å². The molecule has 1 aromatic heterocycles. The van der Waals surface area contributed by atoms with Crippen LogP contribution in [0, 0.1) is 18.3 Å². The predicted octanol–water partition coefficient (Wildman–Crippen LogP) is 4.15. The summed E-state index contributed by atoms with van der Waals surface area (Å²) in [4.78, 5) is 17.4. The van der Waals surface area contributed by atoms with Gasteiger partial charge in [0.05, 0.1) is 16.9 Å². The summed E-state index contributed by atoms with van der Waals surface area (Å²) in [6.07, 6.45) is 0. The third-order valence-electron chi connectivity index (χ3n) is 3.45. The summed E-state index contributed by atoms with van der Waals surface area (Å²) < 4.78 is 5.67. The highest BCUT2D eigenvalue weighted by Gasteiger charge is 2.17. The summed E-state index contributed by atoms with van der Waals surface area (Å²) in [5, 5.41) is 12.6. The first kappa shape index (κ1) is 16.7. The molecule has 0 aliphatic rings. The Hall–Kier alpha value is -3.17. The Morgan fingerprint density at radius 1 is 1.20 bits per heavy atom. The normalized spacial score (nSPS) is 10.1. The molecule has 1 N–H and O–H groups in total. The van der Waals surface area contributed by atoms with Crippen LogP contribution in [0.15, 0.2) is 54.6 Å². The second-order valence-electron chi connectivity index (χ2n) is 5.24. The van der Waals surface area contributed by atoms with E-state index in [1.165, 1.54) is 11.3 Å². The van der Waals surface area contributed by atoms with Crippen molar-refractivity contribution < 1.29 is 9.53 Å². The quantitative estimate of drug-likeness (QED) is 0.751. The molecular weight excluding hydrogens is 334 g/mol. The Morgan fingerprint density at radius 2 is 1.92 bits per heavy atom. The van der Waals surface area contributed by atoms with Crippen molar-refractivity contribution in [3.8, 4) is 11.8 Å². The molecule has 0 radical (unpaired) electrons. The van der Waals surface area contributed by atoms with Crippen LogP contribution in [0.1, 0.15) is 25.9 Å². The van der Waals surface area contributed by atoms with Gasteiger partial charge in [-0.15, -0.1) is 11.3 Å². The first-order valence-electron chi connectivity index (χ1n) is 7.62. The summed E-state index contributed by atoms with van der Waals surface area (Å²) in [6, 6.07) is 18.4. The van der Waals surface area contributed by atoms with E-state index in [9.17, 15) is 4.79 Å². The maximum atomic E-state index is 12.5. The van der Waals surface area contributed by atoms with Crippen molar-refractivity contribution in [3.05, 3.63) is 75.7 Å². The van der Waals surface area contributed by atoms with Crippen molar-refractivity contribution in [1.29, 1.82) is 5.26 Å². The highest BCUT2D eigenvalue weighted by atomic mass is 32.1. The van der Waals surface area contributed by atoms with Gasteiger partial charge in [-0.25, -0.2) is 4.98 Å². The molecule has 124 valence electrons. The Kier molecular flexibility index (Phi) is 5.07. The Labute approximate surface area is 149 Å². The largest absolute Gasteiger partial charge is 0.486 e. The number of hydrogen-bond donors (Lipinski definition) is 1. The van der Waals surface area contributed by atoms with Crippen molar-refractivity contribution in [3.63, 3.8) is 0 Å². The summed E-state index contributed by atoms with van der Waals surface area (Å²) in [5.41, 5.74) is 1.55. The van der Waals surface area contributed by atoms with E-state index < -0.39 is 0 Å². The second kappa shape index (κ2) is 7.60. The van der Waals surface area contributed by atoms with Crippen LogP contribution in [-0.4, -0.2) is 10.9 Å². The van der Waals surface area contributed by atoms with Crippen LogP contribution in [0.25, 0.3) is 0 Å². The maximum Gasteiger partial charge on any atom is 0.267 e. The fraction of sp³-hybridized carbons (Fsp3) is 0.105. The van der Waals surface area contributed by atoms with Crippen LogP contribution in [0.4, 0.5) is 5.69 Å². The van der Waals surface area contributed by atoms with E-state index in [1.54, 1.807) is 31.2 Å². The molecule has 0 saturated carbocycles. The summed E-state index contributed by atoms with van der Waals surface area (Å²) >= 11 is 1.29. The molecule has 25 heavy (non-hydrogen) atoms. The van der Waals surface area contributed by atoms with Crippen LogP contribution >= 0.6 is 11.3 Å². The topological polar surface area (TPSA) is 75.0 Å². The van der Waals surface area contributed by atoms with Crippen molar-refractivity contribution in [2.24, 2.45) is 0 Å². The lowest BCUT2D eigenvalue weighted by Crippen LogP contribution is -2.12. The zero-order valence-electron chi connectivity index (χ0n) is 13.5. The van der Waals surface area contributed by atoms with Gasteiger partial charge >= 0.3 is 0 Å². The Bertz CT molecular complexity index is 929. The van der Waals surface area contributed by atoms with Crippen molar-refractivity contribution in [2.75, 3.05) is 5.32 Å². The van der Waals surface area contributed by atoms with Crippen LogP contribution < -0.4 is 10.1 Å². The number of nitriles is 1. The molecule has 2 aromatic carbocycles. The van der Waals surface area contributed by atoms with Gasteiger partial charge < -0.3 is 10.1 Å². The highest BCUT2D eigenvalue weighted by Crippen LogP contribution is 2.22. The molecule has 3 rings (SSSR count). The summed E-state index contributed by atoms with van der Waals surface area (Å²) in [6.45, 7) is 2.09. The number of hydrogen-bond acceptors (Lipinski definition) is 5. The minimum absolute atomic E-state index is 0.274. The van der Waals surface area contributed by atoms with Gasteiger partial charge in [-0.3, -0.25) is 4.79 Å². The first-order chi connectivity index (χ1) is 12.2. The number of rotatable bonds is 5. The minimum Gasteiger partial charge on any atom is -0.486 e. The zero-order valence-corrected chi connectivity index (χ0v) is 14.3. The molecule has 1 amide bonds. The molecule has 0 aliphatic heterocycles. The molecule has 0 spiro atoms. The molecule has 0 atom stereocenters. The number of para-hydroxylation sites is 2. The summed E-state index contributed by atoms with van der Waals surface area (Å²) in [7, 11) is 0. The number of nitrogens with one attached hydrogen (secondary N) is 1. The lowest BCUT2D eigenvalue weighted by molar-refractivity contribution is 0.103. The van der Waals surface area contributed by atoms with Crippen LogP contribution in [-0.2, 0) is 6.61 Å². The second-order valence-corrected chi connectivity index (χ2v) is 6.32.